The van der Waals surface area contributed by atoms with E-state index in [1.807, 2.05) is 18.5 Å². The summed E-state index contributed by atoms with van der Waals surface area (Å²) >= 11 is 5.30. The average molecular weight is 425 g/mol. The molecule has 8 heteroatoms. The van der Waals surface area contributed by atoms with E-state index in [0.717, 1.165) is 27.9 Å². The summed E-state index contributed by atoms with van der Waals surface area (Å²) in [5.74, 6) is 2.74. The van der Waals surface area contributed by atoms with Crippen molar-refractivity contribution in [3.63, 3.8) is 0 Å². The van der Waals surface area contributed by atoms with Crippen LogP contribution in [0.25, 0.3) is 0 Å². The molecule has 1 aliphatic rings. The lowest BCUT2D eigenvalue weighted by Crippen LogP contribution is -2.43. The Bertz CT molecular complexity index is 731. The SMILES string of the molecule is Cc1nnc(CN=C(NC2CCCC2)N(C)Cc2ccc(Br)s2)n1C. The van der Waals surface area contributed by atoms with Gasteiger partial charge < -0.3 is 14.8 Å². The van der Waals surface area contributed by atoms with Gasteiger partial charge in [0.1, 0.15) is 12.4 Å². The molecule has 1 aliphatic carbocycles. The van der Waals surface area contributed by atoms with Crippen molar-refractivity contribution >= 4 is 33.2 Å². The molecule has 1 fully saturated rings. The molecule has 0 aromatic carbocycles. The van der Waals surface area contributed by atoms with Crippen molar-refractivity contribution in [3.8, 4) is 0 Å². The van der Waals surface area contributed by atoms with Crippen LogP contribution in [0.5, 0.6) is 0 Å². The molecule has 0 bridgehead atoms. The molecule has 2 aromatic rings. The lowest BCUT2D eigenvalue weighted by Gasteiger charge is -2.25. The number of rotatable bonds is 5. The number of thiophene rings is 1. The van der Waals surface area contributed by atoms with Crippen LogP contribution < -0.4 is 5.32 Å². The van der Waals surface area contributed by atoms with Gasteiger partial charge in [-0.3, -0.25) is 0 Å². The minimum absolute atomic E-state index is 0.525. The van der Waals surface area contributed by atoms with E-state index in [-0.39, 0.29) is 0 Å². The Morgan fingerprint density at radius 1 is 1.40 bits per heavy atom. The zero-order valence-corrected chi connectivity index (χ0v) is 17.4. The van der Waals surface area contributed by atoms with Gasteiger partial charge in [0.05, 0.1) is 10.3 Å². The van der Waals surface area contributed by atoms with Gasteiger partial charge in [-0.25, -0.2) is 4.99 Å². The van der Waals surface area contributed by atoms with Crippen LogP contribution in [-0.4, -0.2) is 38.7 Å². The Hall–Kier alpha value is -1.41. The van der Waals surface area contributed by atoms with Crippen molar-refractivity contribution < 1.29 is 0 Å². The van der Waals surface area contributed by atoms with Crippen molar-refractivity contribution in [1.82, 2.24) is 25.0 Å². The van der Waals surface area contributed by atoms with Crippen LogP contribution in [0.3, 0.4) is 0 Å². The first kappa shape index (κ1) is 18.4. The molecular formula is C17H25BrN6S. The molecule has 0 unspecified atom stereocenters. The molecule has 0 aliphatic heterocycles. The molecule has 6 nitrogen and oxygen atoms in total. The topological polar surface area (TPSA) is 58.3 Å². The summed E-state index contributed by atoms with van der Waals surface area (Å²) in [5, 5.41) is 12.0. The maximum absolute atomic E-state index is 4.84. The Labute approximate surface area is 161 Å². The van der Waals surface area contributed by atoms with E-state index in [0.29, 0.717) is 12.6 Å². The second-order valence-electron chi connectivity index (χ2n) is 6.55. The molecular weight excluding hydrogens is 400 g/mol. The first-order chi connectivity index (χ1) is 12.0. The van der Waals surface area contributed by atoms with E-state index >= 15 is 0 Å². The summed E-state index contributed by atoms with van der Waals surface area (Å²) < 4.78 is 3.15. The highest BCUT2D eigenvalue weighted by molar-refractivity contribution is 9.11. The molecule has 2 heterocycles. The van der Waals surface area contributed by atoms with E-state index in [1.165, 1.54) is 30.6 Å². The van der Waals surface area contributed by atoms with Crippen LogP contribution in [0.15, 0.2) is 20.9 Å². The molecule has 1 saturated carbocycles. The van der Waals surface area contributed by atoms with Gasteiger partial charge in [0, 0.05) is 25.0 Å². The molecule has 2 aromatic heterocycles. The Balaban J connectivity index is 1.73. The van der Waals surface area contributed by atoms with Crippen LogP contribution in [-0.2, 0) is 20.1 Å². The molecule has 25 heavy (non-hydrogen) atoms. The number of guanidine groups is 1. The van der Waals surface area contributed by atoms with Crippen molar-refractivity contribution in [2.75, 3.05) is 7.05 Å². The predicted molar refractivity (Wildman–Crippen MR) is 106 cm³/mol. The van der Waals surface area contributed by atoms with E-state index < -0.39 is 0 Å². The summed E-state index contributed by atoms with van der Waals surface area (Å²) in [5.41, 5.74) is 0. The Kier molecular flexibility index (Phi) is 6.11. The van der Waals surface area contributed by atoms with Crippen LogP contribution in [0, 0.1) is 6.92 Å². The molecule has 0 saturated heterocycles. The largest absolute Gasteiger partial charge is 0.353 e. The Morgan fingerprint density at radius 2 is 2.16 bits per heavy atom. The number of aromatic nitrogens is 3. The van der Waals surface area contributed by atoms with Crippen molar-refractivity contribution in [1.29, 1.82) is 0 Å². The molecule has 0 radical (unpaired) electrons. The van der Waals surface area contributed by atoms with Crippen LogP contribution >= 0.6 is 27.3 Å². The Morgan fingerprint density at radius 3 is 2.76 bits per heavy atom. The second-order valence-corrected chi connectivity index (χ2v) is 9.10. The van der Waals surface area contributed by atoms with Gasteiger partial charge in [0.15, 0.2) is 11.8 Å². The summed E-state index contributed by atoms with van der Waals surface area (Å²) in [6, 6.07) is 4.78. The minimum atomic E-state index is 0.525. The maximum Gasteiger partial charge on any atom is 0.194 e. The maximum atomic E-state index is 4.84. The number of aryl methyl sites for hydroxylation is 1. The van der Waals surface area contributed by atoms with Crippen molar-refractivity contribution in [3.05, 3.63) is 32.4 Å². The average Bonchev–Trinajstić information content (AvgIpc) is 3.30. The highest BCUT2D eigenvalue weighted by Gasteiger charge is 2.19. The quantitative estimate of drug-likeness (QED) is 0.589. The number of halogens is 1. The summed E-state index contributed by atoms with van der Waals surface area (Å²) in [6.45, 7) is 3.33. The molecule has 0 spiro atoms. The lowest BCUT2D eigenvalue weighted by atomic mass is 10.2. The van der Waals surface area contributed by atoms with E-state index in [4.69, 9.17) is 4.99 Å². The van der Waals surface area contributed by atoms with E-state index in [1.54, 1.807) is 11.3 Å². The summed E-state index contributed by atoms with van der Waals surface area (Å²) in [6.07, 6.45) is 5.05. The number of hydrogen-bond acceptors (Lipinski definition) is 4. The fourth-order valence-electron chi connectivity index (χ4n) is 3.01. The molecule has 0 amide bonds. The van der Waals surface area contributed by atoms with Gasteiger partial charge in [0.2, 0.25) is 0 Å². The van der Waals surface area contributed by atoms with Gasteiger partial charge in [-0.2, -0.15) is 0 Å². The van der Waals surface area contributed by atoms with Crippen LogP contribution in [0.1, 0.15) is 42.2 Å². The van der Waals surface area contributed by atoms with Gasteiger partial charge in [-0.05, 0) is 47.8 Å². The fourth-order valence-corrected chi connectivity index (χ4v) is 4.55. The molecule has 136 valence electrons. The zero-order chi connectivity index (χ0) is 17.8. The number of hydrogen-bond donors (Lipinski definition) is 1. The van der Waals surface area contributed by atoms with Gasteiger partial charge >= 0.3 is 0 Å². The molecule has 3 rings (SSSR count). The van der Waals surface area contributed by atoms with E-state index in [9.17, 15) is 0 Å². The zero-order valence-electron chi connectivity index (χ0n) is 15.0. The van der Waals surface area contributed by atoms with Gasteiger partial charge in [-0.1, -0.05) is 12.8 Å². The van der Waals surface area contributed by atoms with Crippen molar-refractivity contribution in [2.45, 2.75) is 51.7 Å². The first-order valence-corrected chi connectivity index (χ1v) is 10.2. The highest BCUT2D eigenvalue weighted by Crippen LogP contribution is 2.23. The lowest BCUT2D eigenvalue weighted by molar-refractivity contribution is 0.460. The third-order valence-electron chi connectivity index (χ3n) is 4.62. The summed E-state index contributed by atoms with van der Waals surface area (Å²) in [4.78, 5) is 8.34. The highest BCUT2D eigenvalue weighted by atomic mass is 79.9. The number of aliphatic imine (C=N–C) groups is 1. The van der Waals surface area contributed by atoms with E-state index in [2.05, 4.69) is 55.5 Å². The standard InChI is InChI=1S/C17H25BrN6S/c1-12-21-22-16(24(12)3)10-19-17(20-13-6-4-5-7-13)23(2)11-14-8-9-15(18)25-14/h8-9,13H,4-7,10-11H2,1-3H3,(H,19,20). The predicted octanol–water partition coefficient (Wildman–Crippen LogP) is 3.47. The molecule has 1 N–H and O–H groups in total. The normalized spacial score (nSPS) is 15.8. The third kappa shape index (κ3) is 4.82. The summed E-state index contributed by atoms with van der Waals surface area (Å²) in [7, 11) is 4.08. The van der Waals surface area contributed by atoms with Gasteiger partial charge in [-0.15, -0.1) is 21.5 Å². The van der Waals surface area contributed by atoms with Crippen LogP contribution in [0.4, 0.5) is 0 Å². The monoisotopic (exact) mass is 424 g/mol. The minimum Gasteiger partial charge on any atom is -0.353 e. The third-order valence-corrected chi connectivity index (χ3v) is 6.23. The van der Waals surface area contributed by atoms with Crippen molar-refractivity contribution in [2.24, 2.45) is 12.0 Å². The first-order valence-electron chi connectivity index (χ1n) is 8.64. The second kappa shape index (κ2) is 8.31. The molecule has 0 atom stereocenters. The van der Waals surface area contributed by atoms with Crippen LogP contribution in [0.2, 0.25) is 0 Å². The number of nitrogens with zero attached hydrogens (tertiary/aromatic N) is 5. The van der Waals surface area contributed by atoms with Gasteiger partial charge in [0.25, 0.3) is 0 Å². The smallest absolute Gasteiger partial charge is 0.194 e. The number of nitrogens with one attached hydrogen (secondary N) is 1. The fraction of sp³-hybridized carbons (Fsp3) is 0.588.